The average molecular weight is 416 g/mol. The summed E-state index contributed by atoms with van der Waals surface area (Å²) in [7, 11) is -4.66. The first-order valence-electron chi connectivity index (χ1n) is 8.46. The van der Waals surface area contributed by atoms with E-state index in [2.05, 4.69) is 10.1 Å². The van der Waals surface area contributed by atoms with Crippen molar-refractivity contribution in [3.8, 4) is 0 Å². The molecule has 1 aromatic carbocycles. The van der Waals surface area contributed by atoms with Gasteiger partial charge in [-0.2, -0.15) is 13.5 Å². The predicted molar refractivity (Wildman–Crippen MR) is 98.4 cm³/mol. The first kappa shape index (κ1) is 20.2. The molecule has 0 radical (unpaired) electrons. The second-order valence-electron chi connectivity index (χ2n) is 7.51. The van der Waals surface area contributed by atoms with E-state index >= 15 is 0 Å². The standard InChI is InChI=1S/C17H22ClN3O5S/c1-16(2)15(26-27(23,24)25)8-13(7-12-3-5-14(18)6-4-12)17(16,22)9-21-11-19-10-20-21/h3-6,10-11,13,15,22H,7-9H2,1-2H3,(H,23,24,25)/t13-,15-,17-/m0/s1. The van der Waals surface area contributed by atoms with Crippen LogP contribution in [0.15, 0.2) is 36.9 Å². The molecular weight excluding hydrogens is 394 g/mol. The zero-order chi connectivity index (χ0) is 19.9. The maximum atomic E-state index is 11.7. The maximum Gasteiger partial charge on any atom is 0.397 e. The summed E-state index contributed by atoms with van der Waals surface area (Å²) < 4.78 is 38.2. The van der Waals surface area contributed by atoms with E-state index < -0.39 is 27.5 Å². The SMILES string of the molecule is CC1(C)[C@@H](OS(=O)(=O)O)C[C@H](Cc2ccc(Cl)cc2)[C@@]1(O)Cn1cncn1. The molecule has 1 aromatic heterocycles. The van der Waals surface area contributed by atoms with Crippen molar-refractivity contribution in [2.24, 2.45) is 11.3 Å². The van der Waals surface area contributed by atoms with Gasteiger partial charge in [-0.25, -0.2) is 9.17 Å². The Kier molecular flexibility index (Phi) is 5.35. The summed E-state index contributed by atoms with van der Waals surface area (Å²) in [6.07, 6.45) is 2.70. The lowest BCUT2D eigenvalue weighted by molar-refractivity contribution is -0.110. The van der Waals surface area contributed by atoms with Crippen molar-refractivity contribution in [3.05, 3.63) is 47.5 Å². The van der Waals surface area contributed by atoms with E-state index in [0.29, 0.717) is 11.4 Å². The molecule has 0 amide bonds. The van der Waals surface area contributed by atoms with Gasteiger partial charge in [-0.15, -0.1) is 0 Å². The van der Waals surface area contributed by atoms with Crippen molar-refractivity contribution in [1.82, 2.24) is 14.8 Å². The number of benzene rings is 1. The molecule has 27 heavy (non-hydrogen) atoms. The molecule has 1 heterocycles. The second kappa shape index (κ2) is 7.14. The fourth-order valence-corrected chi connectivity index (χ4v) is 4.65. The van der Waals surface area contributed by atoms with Gasteiger partial charge in [0.15, 0.2) is 0 Å². The average Bonchev–Trinajstić information content (AvgIpc) is 3.11. The second-order valence-corrected chi connectivity index (χ2v) is 9.00. The predicted octanol–water partition coefficient (Wildman–Crippen LogP) is 2.14. The molecule has 1 aliphatic carbocycles. The molecule has 2 aromatic rings. The Morgan fingerprint density at radius 3 is 2.56 bits per heavy atom. The highest BCUT2D eigenvalue weighted by Crippen LogP contribution is 2.53. The smallest absolute Gasteiger partial charge is 0.387 e. The Morgan fingerprint density at radius 2 is 2.00 bits per heavy atom. The van der Waals surface area contributed by atoms with E-state index in [1.165, 1.54) is 17.3 Å². The van der Waals surface area contributed by atoms with Crippen LogP contribution in [0.5, 0.6) is 0 Å². The molecule has 148 valence electrons. The Labute approximate surface area is 163 Å². The van der Waals surface area contributed by atoms with Crippen LogP contribution in [0.3, 0.4) is 0 Å². The van der Waals surface area contributed by atoms with Crippen molar-refractivity contribution < 1.29 is 22.3 Å². The lowest BCUT2D eigenvalue weighted by atomic mass is 9.72. The molecule has 3 atom stereocenters. The van der Waals surface area contributed by atoms with Gasteiger partial charge in [-0.3, -0.25) is 9.23 Å². The molecule has 1 aliphatic rings. The van der Waals surface area contributed by atoms with Gasteiger partial charge < -0.3 is 5.11 Å². The molecule has 0 bridgehead atoms. The van der Waals surface area contributed by atoms with Gasteiger partial charge in [0, 0.05) is 10.4 Å². The van der Waals surface area contributed by atoms with Crippen LogP contribution < -0.4 is 0 Å². The Bertz CT molecular complexity index is 886. The van der Waals surface area contributed by atoms with Gasteiger partial charge in [0.05, 0.1) is 18.2 Å². The van der Waals surface area contributed by atoms with E-state index in [0.717, 1.165) is 5.56 Å². The number of aliphatic hydroxyl groups is 1. The Balaban J connectivity index is 1.95. The fraction of sp³-hybridized carbons (Fsp3) is 0.529. The summed E-state index contributed by atoms with van der Waals surface area (Å²) in [4.78, 5) is 3.90. The molecule has 0 unspecified atom stereocenters. The van der Waals surface area contributed by atoms with Gasteiger partial charge in [-0.05, 0) is 36.5 Å². The topological polar surface area (TPSA) is 115 Å². The molecule has 0 saturated heterocycles. The van der Waals surface area contributed by atoms with E-state index in [1.54, 1.807) is 26.0 Å². The lowest BCUT2D eigenvalue weighted by Crippen LogP contribution is -2.52. The number of hydrogen-bond donors (Lipinski definition) is 2. The zero-order valence-electron chi connectivity index (χ0n) is 15.0. The summed E-state index contributed by atoms with van der Waals surface area (Å²) in [6.45, 7) is 3.56. The van der Waals surface area contributed by atoms with Gasteiger partial charge in [0.25, 0.3) is 0 Å². The minimum absolute atomic E-state index is 0.115. The van der Waals surface area contributed by atoms with Gasteiger partial charge in [-0.1, -0.05) is 37.6 Å². The molecule has 2 N–H and O–H groups in total. The molecule has 0 aliphatic heterocycles. The highest BCUT2D eigenvalue weighted by molar-refractivity contribution is 7.80. The van der Waals surface area contributed by atoms with E-state index in [1.807, 2.05) is 12.1 Å². The number of halogens is 1. The van der Waals surface area contributed by atoms with Gasteiger partial charge in [0.2, 0.25) is 0 Å². The summed E-state index contributed by atoms with van der Waals surface area (Å²) in [5.41, 5.74) is -1.38. The van der Waals surface area contributed by atoms with Crippen molar-refractivity contribution in [3.63, 3.8) is 0 Å². The van der Waals surface area contributed by atoms with Crippen molar-refractivity contribution in [2.45, 2.75) is 44.9 Å². The minimum atomic E-state index is -4.66. The molecular formula is C17H22ClN3O5S. The monoisotopic (exact) mass is 415 g/mol. The molecule has 8 nitrogen and oxygen atoms in total. The zero-order valence-corrected chi connectivity index (χ0v) is 16.6. The molecule has 10 heteroatoms. The van der Waals surface area contributed by atoms with Crippen molar-refractivity contribution in [1.29, 1.82) is 0 Å². The number of rotatable bonds is 6. The third kappa shape index (κ3) is 4.17. The largest absolute Gasteiger partial charge is 0.397 e. The van der Waals surface area contributed by atoms with E-state index in [9.17, 15) is 13.5 Å². The molecule has 3 rings (SSSR count). The van der Waals surface area contributed by atoms with Crippen LogP contribution in [0.2, 0.25) is 5.02 Å². The third-order valence-electron chi connectivity index (χ3n) is 5.60. The molecule has 1 fully saturated rings. The van der Waals surface area contributed by atoms with Gasteiger partial charge in [0.1, 0.15) is 12.7 Å². The maximum absolute atomic E-state index is 11.7. The minimum Gasteiger partial charge on any atom is -0.387 e. The van der Waals surface area contributed by atoms with Crippen LogP contribution in [-0.2, 0) is 27.5 Å². The molecule has 1 saturated carbocycles. The van der Waals surface area contributed by atoms with Crippen LogP contribution in [0.1, 0.15) is 25.8 Å². The van der Waals surface area contributed by atoms with Crippen molar-refractivity contribution in [2.75, 3.05) is 0 Å². The van der Waals surface area contributed by atoms with Crippen LogP contribution in [0.4, 0.5) is 0 Å². The quantitative estimate of drug-likeness (QED) is 0.694. The molecule has 0 spiro atoms. The number of nitrogens with zero attached hydrogens (tertiary/aromatic N) is 3. The fourth-order valence-electron chi connectivity index (χ4n) is 3.91. The highest BCUT2D eigenvalue weighted by atomic mass is 35.5. The van der Waals surface area contributed by atoms with Crippen LogP contribution in [-0.4, -0.2) is 44.5 Å². The Hall–Kier alpha value is -1.52. The number of aromatic nitrogens is 3. The number of hydrogen-bond acceptors (Lipinski definition) is 6. The van der Waals surface area contributed by atoms with E-state index in [4.69, 9.17) is 20.3 Å². The third-order valence-corrected chi connectivity index (χ3v) is 6.32. The summed E-state index contributed by atoms with van der Waals surface area (Å²) >= 11 is 5.94. The van der Waals surface area contributed by atoms with Crippen LogP contribution in [0.25, 0.3) is 0 Å². The summed E-state index contributed by atoms with van der Waals surface area (Å²) in [5.74, 6) is -0.343. The highest BCUT2D eigenvalue weighted by Gasteiger charge is 2.61. The van der Waals surface area contributed by atoms with Crippen molar-refractivity contribution >= 4 is 22.0 Å². The summed E-state index contributed by atoms with van der Waals surface area (Å²) in [6, 6.07) is 7.25. The van der Waals surface area contributed by atoms with Gasteiger partial charge >= 0.3 is 10.4 Å². The Morgan fingerprint density at radius 1 is 1.33 bits per heavy atom. The lowest BCUT2D eigenvalue weighted by Gasteiger charge is -2.42. The van der Waals surface area contributed by atoms with Crippen LogP contribution in [0, 0.1) is 11.3 Å². The van der Waals surface area contributed by atoms with Crippen LogP contribution >= 0.6 is 11.6 Å². The first-order valence-corrected chi connectivity index (χ1v) is 10.2. The summed E-state index contributed by atoms with van der Waals surface area (Å²) in [5, 5.41) is 16.3. The van der Waals surface area contributed by atoms with E-state index in [-0.39, 0.29) is 18.9 Å². The normalized spacial score (nSPS) is 27.7. The first-order chi connectivity index (χ1) is 12.5.